The number of hydrogen-bond acceptors (Lipinski definition) is 3. The molecule has 1 aliphatic heterocycles. The lowest BCUT2D eigenvalue weighted by Gasteiger charge is -2.24. The number of rotatable bonds is 7. The lowest BCUT2D eigenvalue weighted by Crippen LogP contribution is -2.38. The summed E-state index contributed by atoms with van der Waals surface area (Å²) in [5.41, 5.74) is 4.49. The van der Waals surface area contributed by atoms with Gasteiger partial charge in [0.25, 0.3) is 0 Å². The first kappa shape index (κ1) is 22.7. The van der Waals surface area contributed by atoms with Crippen LogP contribution in [0, 0.1) is 5.92 Å². The Hall–Kier alpha value is -3.47. The fourth-order valence-electron chi connectivity index (χ4n) is 4.50. The molecule has 0 bridgehead atoms. The van der Waals surface area contributed by atoms with Crippen LogP contribution in [0.5, 0.6) is 0 Å². The van der Waals surface area contributed by atoms with Crippen LogP contribution in [0.4, 0.5) is 0 Å². The van der Waals surface area contributed by atoms with Gasteiger partial charge in [-0.2, -0.15) is 0 Å². The molecule has 170 valence electrons. The number of aryl methyl sites for hydroxylation is 1. The van der Waals surface area contributed by atoms with Gasteiger partial charge < -0.3 is 9.80 Å². The number of hydrogen-bond donors (Lipinski definition) is 0. The summed E-state index contributed by atoms with van der Waals surface area (Å²) in [6, 6.07) is 22.4. The Labute approximate surface area is 196 Å². The zero-order valence-electron chi connectivity index (χ0n) is 19.2. The summed E-state index contributed by atoms with van der Waals surface area (Å²) in [4.78, 5) is 34.2. The molecular formula is C28H31N3O2. The van der Waals surface area contributed by atoms with Gasteiger partial charge in [-0.1, -0.05) is 54.6 Å². The second kappa shape index (κ2) is 10.9. The standard InChI is InChI=1S/C28H31N3O2/c1-2-30-17-18-31(27(32)12-11-22-7-4-3-5-8-22)21-26(28(30)33)20-23-9-6-10-25(19-23)24-13-15-29-16-14-24/h3-10,13-16,19,26H,2,11-12,17-18,20-21H2,1H3. The lowest BCUT2D eigenvalue weighted by atomic mass is 9.95. The molecule has 4 rings (SSSR count). The minimum atomic E-state index is -0.235. The molecule has 5 heteroatoms. The monoisotopic (exact) mass is 441 g/mol. The molecule has 1 unspecified atom stereocenters. The van der Waals surface area contributed by atoms with Crippen LogP contribution in [0.3, 0.4) is 0 Å². The van der Waals surface area contributed by atoms with Crippen LogP contribution in [-0.4, -0.2) is 52.8 Å². The molecule has 0 aliphatic carbocycles. The van der Waals surface area contributed by atoms with Crippen molar-refractivity contribution in [2.75, 3.05) is 26.2 Å². The third-order valence-corrected chi connectivity index (χ3v) is 6.37. The summed E-state index contributed by atoms with van der Waals surface area (Å²) in [5.74, 6) is 0.0335. The lowest BCUT2D eigenvalue weighted by molar-refractivity contribution is -0.134. The van der Waals surface area contributed by atoms with E-state index in [0.717, 1.165) is 28.7 Å². The van der Waals surface area contributed by atoms with E-state index in [1.54, 1.807) is 12.4 Å². The molecule has 1 aromatic heterocycles. The van der Waals surface area contributed by atoms with Crippen LogP contribution in [0.2, 0.25) is 0 Å². The highest BCUT2D eigenvalue weighted by atomic mass is 16.2. The highest BCUT2D eigenvalue weighted by Gasteiger charge is 2.31. The molecule has 2 aromatic carbocycles. The molecular weight excluding hydrogens is 410 g/mol. The van der Waals surface area contributed by atoms with Gasteiger partial charge in [0.1, 0.15) is 0 Å². The van der Waals surface area contributed by atoms with Gasteiger partial charge in [-0.3, -0.25) is 14.6 Å². The molecule has 5 nitrogen and oxygen atoms in total. The topological polar surface area (TPSA) is 53.5 Å². The van der Waals surface area contributed by atoms with Gasteiger partial charge in [0, 0.05) is 45.0 Å². The summed E-state index contributed by atoms with van der Waals surface area (Å²) in [7, 11) is 0. The maximum absolute atomic E-state index is 13.3. The van der Waals surface area contributed by atoms with Crippen LogP contribution in [0.25, 0.3) is 11.1 Å². The van der Waals surface area contributed by atoms with E-state index in [2.05, 4.69) is 35.3 Å². The Balaban J connectivity index is 1.48. The minimum Gasteiger partial charge on any atom is -0.341 e. The van der Waals surface area contributed by atoms with E-state index in [4.69, 9.17) is 0 Å². The molecule has 2 heterocycles. The summed E-state index contributed by atoms with van der Waals surface area (Å²) in [5, 5.41) is 0. The van der Waals surface area contributed by atoms with Gasteiger partial charge in [-0.15, -0.1) is 0 Å². The van der Waals surface area contributed by atoms with Gasteiger partial charge in [0.2, 0.25) is 11.8 Å². The Bertz CT molecular complexity index is 1070. The Morgan fingerprint density at radius 2 is 1.70 bits per heavy atom. The van der Waals surface area contributed by atoms with Gasteiger partial charge in [-0.25, -0.2) is 0 Å². The molecule has 0 radical (unpaired) electrons. The molecule has 1 fully saturated rings. The van der Waals surface area contributed by atoms with Crippen molar-refractivity contribution in [1.29, 1.82) is 0 Å². The highest BCUT2D eigenvalue weighted by Crippen LogP contribution is 2.23. The van der Waals surface area contributed by atoms with Crippen LogP contribution in [0.1, 0.15) is 24.5 Å². The zero-order valence-corrected chi connectivity index (χ0v) is 19.2. The largest absolute Gasteiger partial charge is 0.341 e. The molecule has 1 aliphatic rings. The second-order valence-electron chi connectivity index (χ2n) is 8.58. The molecule has 0 saturated carbocycles. The van der Waals surface area contributed by atoms with Crippen molar-refractivity contribution in [2.45, 2.75) is 26.2 Å². The molecule has 0 spiro atoms. The van der Waals surface area contributed by atoms with E-state index in [9.17, 15) is 9.59 Å². The molecule has 1 atom stereocenters. The van der Waals surface area contributed by atoms with Gasteiger partial charge in [0.05, 0.1) is 5.92 Å². The van der Waals surface area contributed by atoms with E-state index in [-0.39, 0.29) is 17.7 Å². The average molecular weight is 442 g/mol. The average Bonchev–Trinajstić information content (AvgIpc) is 3.02. The van der Waals surface area contributed by atoms with E-state index in [0.29, 0.717) is 39.0 Å². The zero-order chi connectivity index (χ0) is 23.0. The van der Waals surface area contributed by atoms with E-state index in [1.807, 2.05) is 53.1 Å². The first-order valence-electron chi connectivity index (χ1n) is 11.7. The van der Waals surface area contributed by atoms with Crippen LogP contribution >= 0.6 is 0 Å². The number of pyridine rings is 1. The van der Waals surface area contributed by atoms with Crippen LogP contribution < -0.4 is 0 Å². The summed E-state index contributed by atoms with van der Waals surface area (Å²) in [6.07, 6.45) is 5.38. The van der Waals surface area contributed by atoms with Crippen LogP contribution in [0.15, 0.2) is 79.1 Å². The van der Waals surface area contributed by atoms with Crippen molar-refractivity contribution in [1.82, 2.24) is 14.8 Å². The predicted octanol–water partition coefficient (Wildman–Crippen LogP) is 4.23. The predicted molar refractivity (Wildman–Crippen MR) is 130 cm³/mol. The van der Waals surface area contributed by atoms with Gasteiger partial charge in [-0.05, 0) is 54.2 Å². The fourth-order valence-corrected chi connectivity index (χ4v) is 4.50. The summed E-state index contributed by atoms with van der Waals surface area (Å²) in [6.45, 7) is 4.34. The second-order valence-corrected chi connectivity index (χ2v) is 8.58. The maximum Gasteiger partial charge on any atom is 0.227 e. The Morgan fingerprint density at radius 1 is 0.939 bits per heavy atom. The first-order valence-corrected chi connectivity index (χ1v) is 11.7. The van der Waals surface area contributed by atoms with E-state index >= 15 is 0 Å². The molecule has 33 heavy (non-hydrogen) atoms. The summed E-state index contributed by atoms with van der Waals surface area (Å²) >= 11 is 0. The van der Waals surface area contributed by atoms with Gasteiger partial charge in [0.15, 0.2) is 0 Å². The van der Waals surface area contributed by atoms with Gasteiger partial charge >= 0.3 is 0 Å². The number of carbonyl (C=O) groups excluding carboxylic acids is 2. The fraction of sp³-hybridized carbons (Fsp3) is 0.321. The summed E-state index contributed by atoms with van der Waals surface area (Å²) < 4.78 is 0. The molecule has 3 aromatic rings. The number of likely N-dealkylation sites (N-methyl/N-ethyl adjacent to an activating group) is 1. The van der Waals surface area contributed by atoms with Crippen molar-refractivity contribution in [2.24, 2.45) is 5.92 Å². The quantitative estimate of drug-likeness (QED) is 0.551. The molecule has 0 N–H and O–H groups in total. The molecule has 1 saturated heterocycles. The Morgan fingerprint density at radius 3 is 2.45 bits per heavy atom. The smallest absolute Gasteiger partial charge is 0.227 e. The van der Waals surface area contributed by atoms with E-state index < -0.39 is 0 Å². The number of nitrogens with zero attached hydrogens (tertiary/aromatic N) is 3. The SMILES string of the molecule is CCN1CCN(C(=O)CCc2ccccc2)CC(Cc2cccc(-c3ccncc3)c2)C1=O. The van der Waals surface area contributed by atoms with Crippen molar-refractivity contribution >= 4 is 11.8 Å². The number of carbonyl (C=O) groups is 2. The third-order valence-electron chi connectivity index (χ3n) is 6.37. The van der Waals surface area contributed by atoms with Crippen molar-refractivity contribution < 1.29 is 9.59 Å². The third kappa shape index (κ3) is 5.86. The van der Waals surface area contributed by atoms with E-state index in [1.165, 1.54) is 0 Å². The Kier molecular flexibility index (Phi) is 7.51. The van der Waals surface area contributed by atoms with Crippen LogP contribution in [-0.2, 0) is 22.4 Å². The van der Waals surface area contributed by atoms with Crippen molar-refractivity contribution in [3.05, 3.63) is 90.3 Å². The number of benzene rings is 2. The number of amides is 2. The number of aromatic nitrogens is 1. The van der Waals surface area contributed by atoms with Crippen molar-refractivity contribution in [3.8, 4) is 11.1 Å². The maximum atomic E-state index is 13.3. The first-order chi connectivity index (χ1) is 16.1. The highest BCUT2D eigenvalue weighted by molar-refractivity contribution is 5.82. The normalized spacial score (nSPS) is 16.5. The molecule has 2 amide bonds. The minimum absolute atomic E-state index is 0.125. The van der Waals surface area contributed by atoms with Crippen molar-refractivity contribution in [3.63, 3.8) is 0 Å².